The third kappa shape index (κ3) is 4.04. The Labute approximate surface area is 174 Å². The van der Waals surface area contributed by atoms with Gasteiger partial charge in [-0.05, 0) is 62.2 Å². The lowest BCUT2D eigenvalue weighted by atomic mass is 9.95. The van der Waals surface area contributed by atoms with Crippen LogP contribution in [0.15, 0.2) is 47.4 Å². The summed E-state index contributed by atoms with van der Waals surface area (Å²) in [7, 11) is 0. The van der Waals surface area contributed by atoms with Gasteiger partial charge in [-0.2, -0.15) is 0 Å². The number of fused-ring (bicyclic) bond motifs is 2. The van der Waals surface area contributed by atoms with E-state index in [1.165, 1.54) is 6.07 Å². The zero-order valence-corrected chi connectivity index (χ0v) is 17.1. The summed E-state index contributed by atoms with van der Waals surface area (Å²) in [5, 5.41) is 0. The zero-order chi connectivity index (χ0) is 19.8. The third-order valence-corrected chi connectivity index (χ3v) is 7.05. The van der Waals surface area contributed by atoms with Gasteiger partial charge in [0, 0.05) is 18.0 Å². The van der Waals surface area contributed by atoms with E-state index in [1.54, 1.807) is 17.8 Å². The van der Waals surface area contributed by atoms with Crippen molar-refractivity contribution in [2.24, 2.45) is 11.7 Å². The van der Waals surface area contributed by atoms with Crippen LogP contribution in [-0.2, 0) is 0 Å². The van der Waals surface area contributed by atoms with E-state index in [1.807, 2.05) is 30.3 Å². The molecule has 1 fully saturated rings. The van der Waals surface area contributed by atoms with Gasteiger partial charge in [0.05, 0.1) is 5.69 Å². The van der Waals surface area contributed by atoms with Gasteiger partial charge in [-0.15, -0.1) is 0 Å². The number of likely N-dealkylation sites (tertiary alicyclic amines) is 1. The molecule has 154 valence electrons. The van der Waals surface area contributed by atoms with Crippen LogP contribution in [0.2, 0.25) is 0 Å². The number of thioether (sulfide) groups is 1. The van der Waals surface area contributed by atoms with E-state index < -0.39 is 0 Å². The van der Waals surface area contributed by atoms with E-state index in [0.717, 1.165) is 61.1 Å². The fourth-order valence-corrected chi connectivity index (χ4v) is 5.50. The molecule has 3 heterocycles. The van der Waals surface area contributed by atoms with Crippen molar-refractivity contribution in [3.8, 4) is 11.5 Å². The van der Waals surface area contributed by atoms with Crippen LogP contribution in [0.5, 0.6) is 11.5 Å². The summed E-state index contributed by atoms with van der Waals surface area (Å²) in [5.74, 6) is 2.07. The molecule has 3 aliphatic heterocycles. The fraction of sp³-hybridized carbons (Fsp3) is 0.455. The molecule has 2 aromatic rings. The van der Waals surface area contributed by atoms with Crippen molar-refractivity contribution in [1.82, 2.24) is 4.90 Å². The molecule has 5 nitrogen and oxygen atoms in total. The first-order chi connectivity index (χ1) is 14.2. The van der Waals surface area contributed by atoms with E-state index >= 15 is 0 Å². The zero-order valence-electron chi connectivity index (χ0n) is 16.3. The molecule has 1 saturated heterocycles. The number of anilines is 1. The molecule has 0 aliphatic carbocycles. The van der Waals surface area contributed by atoms with Crippen molar-refractivity contribution >= 4 is 17.4 Å². The maximum Gasteiger partial charge on any atom is 0.161 e. The quantitative estimate of drug-likeness (QED) is 0.825. The van der Waals surface area contributed by atoms with Crippen LogP contribution in [0.3, 0.4) is 0 Å². The lowest BCUT2D eigenvalue weighted by molar-refractivity contribution is 0.0481. The number of ether oxygens (including phenoxy) is 2. The lowest BCUT2D eigenvalue weighted by Gasteiger charge is -2.37. The monoisotopic (exact) mass is 415 g/mol. The summed E-state index contributed by atoms with van der Waals surface area (Å²) >= 11 is 1.54. The summed E-state index contributed by atoms with van der Waals surface area (Å²) in [6, 6.07) is 12.8. The molecule has 2 unspecified atom stereocenters. The highest BCUT2D eigenvalue weighted by atomic mass is 32.2. The third-order valence-electron chi connectivity index (χ3n) is 5.98. The molecule has 3 aliphatic rings. The van der Waals surface area contributed by atoms with E-state index in [9.17, 15) is 4.39 Å². The highest BCUT2D eigenvalue weighted by Crippen LogP contribution is 2.42. The largest absolute Gasteiger partial charge is 0.486 e. The summed E-state index contributed by atoms with van der Waals surface area (Å²) in [5.41, 5.74) is 7.25. The van der Waals surface area contributed by atoms with Crippen LogP contribution in [-0.4, -0.2) is 49.3 Å². The van der Waals surface area contributed by atoms with Crippen molar-refractivity contribution in [1.29, 1.82) is 0 Å². The molecular weight excluding hydrogens is 389 g/mol. The topological polar surface area (TPSA) is 51.0 Å². The highest BCUT2D eigenvalue weighted by Gasteiger charge is 2.32. The molecule has 5 rings (SSSR count). The average molecular weight is 416 g/mol. The van der Waals surface area contributed by atoms with E-state index in [-0.39, 0.29) is 17.4 Å². The number of hydrogen-bond donors (Lipinski definition) is 1. The Morgan fingerprint density at radius 1 is 1.07 bits per heavy atom. The summed E-state index contributed by atoms with van der Waals surface area (Å²) < 4.78 is 25.4. The molecule has 2 atom stereocenters. The van der Waals surface area contributed by atoms with Crippen molar-refractivity contribution in [3.63, 3.8) is 0 Å². The minimum Gasteiger partial charge on any atom is -0.486 e. The minimum atomic E-state index is -0.199. The Balaban J connectivity index is 1.13. The molecule has 29 heavy (non-hydrogen) atoms. The summed E-state index contributed by atoms with van der Waals surface area (Å²) in [6.45, 7) is 4.53. The maximum atomic E-state index is 13.5. The van der Waals surface area contributed by atoms with Gasteiger partial charge in [-0.25, -0.2) is 4.39 Å². The predicted octanol–water partition coefficient (Wildman–Crippen LogP) is 3.53. The van der Waals surface area contributed by atoms with Crippen LogP contribution >= 0.6 is 11.8 Å². The van der Waals surface area contributed by atoms with Gasteiger partial charge in [-0.1, -0.05) is 23.9 Å². The molecular formula is C22H26FN3O2S. The molecule has 2 N–H and O–H groups in total. The van der Waals surface area contributed by atoms with Gasteiger partial charge in [0.15, 0.2) is 11.5 Å². The second-order valence-electron chi connectivity index (χ2n) is 8.01. The van der Waals surface area contributed by atoms with Crippen molar-refractivity contribution in [2.45, 2.75) is 29.3 Å². The molecule has 2 aromatic carbocycles. The van der Waals surface area contributed by atoms with Crippen LogP contribution in [0.4, 0.5) is 10.1 Å². The fourth-order valence-electron chi connectivity index (χ4n) is 4.42. The Morgan fingerprint density at radius 2 is 1.86 bits per heavy atom. The number of halogens is 1. The molecule has 0 bridgehead atoms. The van der Waals surface area contributed by atoms with Crippen molar-refractivity contribution in [3.05, 3.63) is 48.3 Å². The molecule has 0 saturated carbocycles. The average Bonchev–Trinajstić information content (AvgIpc) is 3.03. The van der Waals surface area contributed by atoms with E-state index in [2.05, 4.69) is 9.80 Å². The number of nitrogens with two attached hydrogens (primary N) is 1. The Morgan fingerprint density at radius 3 is 2.69 bits per heavy atom. The Bertz CT molecular complexity index is 875. The number of benzene rings is 2. The van der Waals surface area contributed by atoms with Crippen LogP contribution in [0, 0.1) is 11.7 Å². The van der Waals surface area contributed by atoms with Gasteiger partial charge in [0.2, 0.25) is 0 Å². The van der Waals surface area contributed by atoms with E-state index in [0.29, 0.717) is 12.5 Å². The van der Waals surface area contributed by atoms with Crippen molar-refractivity contribution < 1.29 is 13.9 Å². The van der Waals surface area contributed by atoms with Gasteiger partial charge in [0.25, 0.3) is 0 Å². The molecule has 7 heteroatoms. The second-order valence-corrected chi connectivity index (χ2v) is 9.17. The first-order valence-electron chi connectivity index (χ1n) is 10.2. The normalized spacial score (nSPS) is 24.6. The first kappa shape index (κ1) is 19.0. The summed E-state index contributed by atoms with van der Waals surface area (Å²) in [6.07, 6.45) is 2.34. The minimum absolute atomic E-state index is 0.0756. The number of piperidine rings is 1. The number of hydrogen-bond acceptors (Lipinski definition) is 6. The lowest BCUT2D eigenvalue weighted by Crippen LogP contribution is -2.46. The number of rotatable bonds is 4. The van der Waals surface area contributed by atoms with Gasteiger partial charge in [-0.3, -0.25) is 4.90 Å². The van der Waals surface area contributed by atoms with Gasteiger partial charge >= 0.3 is 0 Å². The Kier molecular flexibility index (Phi) is 5.28. The van der Waals surface area contributed by atoms with Gasteiger partial charge < -0.3 is 20.1 Å². The highest BCUT2D eigenvalue weighted by molar-refractivity contribution is 8.00. The van der Waals surface area contributed by atoms with Crippen LogP contribution in [0.25, 0.3) is 0 Å². The second kappa shape index (κ2) is 8.05. The molecule has 0 radical (unpaired) electrons. The standard InChI is InChI=1S/C22H26FN3O2S/c23-16-5-6-18-21(11-16)29-22(24)26(18)12-15-7-9-25(10-8-15)13-17-14-27-19-3-1-2-4-20(19)28-17/h1-6,11,15,17,22H,7-10,12-14,24H2. The summed E-state index contributed by atoms with van der Waals surface area (Å²) in [4.78, 5) is 5.65. The molecule has 0 amide bonds. The molecule has 0 aromatic heterocycles. The SMILES string of the molecule is NC1Sc2cc(F)ccc2N1CC1CCN(CC2COc3ccccc3O2)CC1. The predicted molar refractivity (Wildman–Crippen MR) is 113 cm³/mol. The first-order valence-corrected chi connectivity index (χ1v) is 11.1. The number of para-hydroxylation sites is 2. The smallest absolute Gasteiger partial charge is 0.161 e. The molecule has 0 spiro atoms. The van der Waals surface area contributed by atoms with Crippen LogP contribution in [0.1, 0.15) is 12.8 Å². The maximum absolute atomic E-state index is 13.5. The Hall–Kier alpha value is -1.96. The van der Waals surface area contributed by atoms with E-state index in [4.69, 9.17) is 15.2 Å². The van der Waals surface area contributed by atoms with Crippen molar-refractivity contribution in [2.75, 3.05) is 37.7 Å². The van der Waals surface area contributed by atoms with Gasteiger partial charge in [0.1, 0.15) is 24.0 Å². The number of nitrogens with zero attached hydrogens (tertiary/aromatic N) is 2. The van der Waals surface area contributed by atoms with Crippen LogP contribution < -0.4 is 20.1 Å².